The van der Waals surface area contributed by atoms with Gasteiger partial charge in [-0.15, -0.1) is 10.2 Å². The molecule has 7 heteroatoms. The number of ether oxygens (including phenoxy) is 1. The van der Waals surface area contributed by atoms with E-state index in [2.05, 4.69) is 34.4 Å². The van der Waals surface area contributed by atoms with Gasteiger partial charge in [-0.25, -0.2) is 4.99 Å². The highest BCUT2D eigenvalue weighted by molar-refractivity contribution is 5.79. The van der Waals surface area contributed by atoms with Crippen molar-refractivity contribution in [2.45, 2.75) is 39.7 Å². The van der Waals surface area contributed by atoms with Gasteiger partial charge in [-0.2, -0.15) is 0 Å². The Hall–Kier alpha value is -1.63. The molecule has 1 unspecified atom stereocenters. The number of unbranched alkanes of at least 4 members (excludes halogenated alkanes) is 1. The summed E-state index contributed by atoms with van der Waals surface area (Å²) < 4.78 is 7.46. The molecule has 1 fully saturated rings. The van der Waals surface area contributed by atoms with Crippen molar-refractivity contribution in [1.82, 2.24) is 25.0 Å². The molecule has 2 heterocycles. The van der Waals surface area contributed by atoms with Gasteiger partial charge >= 0.3 is 0 Å². The van der Waals surface area contributed by atoms with E-state index in [-0.39, 0.29) is 0 Å². The standard InChI is InChI=1S/C16H30N6O/c1-5-6-8-17-16(21(3)11-14-7-9-23-12-14)18-10-15-20-19-13(2)22(15)4/h14H,5-12H2,1-4H3,(H,17,18). The van der Waals surface area contributed by atoms with Crippen LogP contribution in [0, 0.1) is 12.8 Å². The number of hydrogen-bond acceptors (Lipinski definition) is 4. The van der Waals surface area contributed by atoms with E-state index in [1.54, 1.807) is 0 Å². The van der Waals surface area contributed by atoms with Crippen molar-refractivity contribution in [3.8, 4) is 0 Å². The minimum Gasteiger partial charge on any atom is -0.381 e. The largest absolute Gasteiger partial charge is 0.381 e. The minimum absolute atomic E-state index is 0.539. The van der Waals surface area contributed by atoms with E-state index in [1.807, 2.05) is 18.5 Å². The van der Waals surface area contributed by atoms with E-state index in [1.165, 1.54) is 6.42 Å². The molecule has 0 bridgehead atoms. The summed E-state index contributed by atoms with van der Waals surface area (Å²) in [5.74, 6) is 3.32. The Labute approximate surface area is 139 Å². The Kier molecular flexibility index (Phi) is 6.83. The van der Waals surface area contributed by atoms with Crippen LogP contribution in [0.4, 0.5) is 0 Å². The number of rotatable bonds is 7. The lowest BCUT2D eigenvalue weighted by atomic mass is 10.1. The fourth-order valence-corrected chi connectivity index (χ4v) is 2.62. The lowest BCUT2D eigenvalue weighted by molar-refractivity contribution is 0.181. The average molecular weight is 322 g/mol. The Balaban J connectivity index is 1.99. The molecule has 0 aliphatic carbocycles. The van der Waals surface area contributed by atoms with Crippen LogP contribution >= 0.6 is 0 Å². The highest BCUT2D eigenvalue weighted by atomic mass is 16.5. The summed E-state index contributed by atoms with van der Waals surface area (Å²) in [7, 11) is 4.07. The maximum Gasteiger partial charge on any atom is 0.194 e. The molecule has 1 aromatic rings. The number of hydrogen-bond donors (Lipinski definition) is 1. The molecule has 0 aromatic carbocycles. The maximum absolute atomic E-state index is 5.48. The zero-order valence-corrected chi connectivity index (χ0v) is 14.9. The summed E-state index contributed by atoms with van der Waals surface area (Å²) in [6.45, 7) is 8.33. The molecule has 7 nitrogen and oxygen atoms in total. The first-order valence-corrected chi connectivity index (χ1v) is 8.53. The van der Waals surface area contributed by atoms with Crippen molar-refractivity contribution in [1.29, 1.82) is 0 Å². The molecule has 0 amide bonds. The van der Waals surface area contributed by atoms with Gasteiger partial charge in [0.05, 0.1) is 6.61 Å². The summed E-state index contributed by atoms with van der Waals surface area (Å²) >= 11 is 0. The Morgan fingerprint density at radius 2 is 2.30 bits per heavy atom. The van der Waals surface area contributed by atoms with Crippen molar-refractivity contribution in [3.63, 3.8) is 0 Å². The molecular formula is C16H30N6O. The van der Waals surface area contributed by atoms with Gasteiger partial charge in [0.15, 0.2) is 11.8 Å². The fraction of sp³-hybridized carbons (Fsp3) is 0.812. The molecular weight excluding hydrogens is 292 g/mol. The molecule has 1 aliphatic heterocycles. The lowest BCUT2D eigenvalue weighted by Crippen LogP contribution is -2.42. The maximum atomic E-state index is 5.48. The molecule has 1 aliphatic rings. The Morgan fingerprint density at radius 1 is 1.48 bits per heavy atom. The average Bonchev–Trinajstić information content (AvgIpc) is 3.15. The third kappa shape index (κ3) is 5.20. The second-order valence-corrected chi connectivity index (χ2v) is 6.25. The van der Waals surface area contributed by atoms with Gasteiger partial charge in [0.2, 0.25) is 0 Å². The summed E-state index contributed by atoms with van der Waals surface area (Å²) in [5.41, 5.74) is 0. The minimum atomic E-state index is 0.539. The van der Waals surface area contributed by atoms with E-state index in [0.717, 1.165) is 56.8 Å². The molecule has 0 spiro atoms. The fourth-order valence-electron chi connectivity index (χ4n) is 2.62. The molecule has 0 saturated carbocycles. The normalized spacial score (nSPS) is 18.4. The molecule has 0 radical (unpaired) electrons. The van der Waals surface area contributed by atoms with Crippen LogP contribution in [-0.2, 0) is 18.3 Å². The van der Waals surface area contributed by atoms with Crippen LogP contribution in [-0.4, -0.2) is 59.0 Å². The number of aliphatic imine (C=N–C) groups is 1. The summed E-state index contributed by atoms with van der Waals surface area (Å²) in [6, 6.07) is 0. The Bertz CT molecular complexity index is 507. The van der Waals surface area contributed by atoms with Gasteiger partial charge in [-0.3, -0.25) is 0 Å². The third-order valence-corrected chi connectivity index (χ3v) is 4.28. The zero-order chi connectivity index (χ0) is 16.7. The van der Waals surface area contributed by atoms with Crippen molar-refractivity contribution >= 4 is 5.96 Å². The topological polar surface area (TPSA) is 67.6 Å². The van der Waals surface area contributed by atoms with Crippen LogP contribution < -0.4 is 5.32 Å². The number of nitrogens with one attached hydrogen (secondary N) is 1. The van der Waals surface area contributed by atoms with Crippen LogP contribution in [0.15, 0.2) is 4.99 Å². The van der Waals surface area contributed by atoms with Crippen LogP contribution in [0.3, 0.4) is 0 Å². The van der Waals surface area contributed by atoms with Gasteiger partial charge in [-0.1, -0.05) is 13.3 Å². The first-order chi connectivity index (χ1) is 11.1. The molecule has 1 N–H and O–H groups in total. The molecule has 1 atom stereocenters. The van der Waals surface area contributed by atoms with Crippen molar-refractivity contribution in [2.24, 2.45) is 18.0 Å². The number of guanidine groups is 1. The molecule has 1 aromatic heterocycles. The second kappa shape index (κ2) is 8.86. The summed E-state index contributed by atoms with van der Waals surface area (Å²) in [5, 5.41) is 11.7. The molecule has 23 heavy (non-hydrogen) atoms. The van der Waals surface area contributed by atoms with Crippen LogP contribution in [0.5, 0.6) is 0 Å². The van der Waals surface area contributed by atoms with Crippen LogP contribution in [0.1, 0.15) is 37.8 Å². The summed E-state index contributed by atoms with van der Waals surface area (Å²) in [4.78, 5) is 6.96. The first-order valence-electron chi connectivity index (χ1n) is 8.53. The number of aromatic nitrogens is 3. The molecule has 130 valence electrons. The smallest absolute Gasteiger partial charge is 0.194 e. The van der Waals surface area contributed by atoms with Gasteiger partial charge in [0, 0.05) is 39.7 Å². The van der Waals surface area contributed by atoms with E-state index in [0.29, 0.717) is 12.5 Å². The monoisotopic (exact) mass is 322 g/mol. The van der Waals surface area contributed by atoms with Gasteiger partial charge in [0.25, 0.3) is 0 Å². The SMILES string of the molecule is CCCCNC(=NCc1nnc(C)n1C)N(C)CC1CCOC1. The molecule has 1 saturated heterocycles. The van der Waals surface area contributed by atoms with Crippen LogP contribution in [0.2, 0.25) is 0 Å². The second-order valence-electron chi connectivity index (χ2n) is 6.25. The molecule has 2 rings (SSSR count). The van der Waals surface area contributed by atoms with E-state index in [4.69, 9.17) is 9.73 Å². The van der Waals surface area contributed by atoms with E-state index in [9.17, 15) is 0 Å². The van der Waals surface area contributed by atoms with Gasteiger partial charge in [0.1, 0.15) is 12.4 Å². The number of nitrogens with zero attached hydrogens (tertiary/aromatic N) is 5. The predicted molar refractivity (Wildman–Crippen MR) is 91.3 cm³/mol. The number of aryl methyl sites for hydroxylation is 1. The van der Waals surface area contributed by atoms with Crippen LogP contribution in [0.25, 0.3) is 0 Å². The van der Waals surface area contributed by atoms with E-state index < -0.39 is 0 Å². The van der Waals surface area contributed by atoms with Gasteiger partial charge in [-0.05, 0) is 19.8 Å². The first kappa shape index (κ1) is 17.7. The van der Waals surface area contributed by atoms with Crippen molar-refractivity contribution in [3.05, 3.63) is 11.6 Å². The quantitative estimate of drug-likeness (QED) is 0.466. The summed E-state index contributed by atoms with van der Waals surface area (Å²) in [6.07, 6.45) is 3.44. The third-order valence-electron chi connectivity index (χ3n) is 4.28. The highest BCUT2D eigenvalue weighted by Crippen LogP contribution is 2.13. The van der Waals surface area contributed by atoms with Crippen molar-refractivity contribution < 1.29 is 4.74 Å². The Morgan fingerprint density at radius 3 is 2.91 bits per heavy atom. The van der Waals surface area contributed by atoms with E-state index >= 15 is 0 Å². The lowest BCUT2D eigenvalue weighted by Gasteiger charge is -2.24. The highest BCUT2D eigenvalue weighted by Gasteiger charge is 2.19. The van der Waals surface area contributed by atoms with Crippen molar-refractivity contribution in [2.75, 3.05) is 33.4 Å². The zero-order valence-electron chi connectivity index (χ0n) is 14.9. The van der Waals surface area contributed by atoms with Gasteiger partial charge < -0.3 is 19.5 Å². The predicted octanol–water partition coefficient (Wildman–Crippen LogP) is 1.34.